The van der Waals surface area contributed by atoms with Crippen LogP contribution in [0.2, 0.25) is 0 Å². The second-order valence-electron chi connectivity index (χ2n) is 8.02. The summed E-state index contributed by atoms with van der Waals surface area (Å²) >= 11 is 0. The van der Waals surface area contributed by atoms with Crippen LogP contribution in [0.5, 0.6) is 11.5 Å². The van der Waals surface area contributed by atoms with Crippen molar-refractivity contribution in [3.8, 4) is 11.5 Å². The van der Waals surface area contributed by atoms with Gasteiger partial charge in [0.1, 0.15) is 6.04 Å². The Morgan fingerprint density at radius 1 is 1.18 bits per heavy atom. The molecule has 3 N–H and O–H groups in total. The quantitative estimate of drug-likeness (QED) is 0.687. The Morgan fingerprint density at radius 3 is 2.75 bits per heavy atom. The Balaban J connectivity index is 1.55. The van der Waals surface area contributed by atoms with Crippen molar-refractivity contribution in [2.24, 2.45) is 5.92 Å². The summed E-state index contributed by atoms with van der Waals surface area (Å²) in [5, 5.41) is 5.20. The summed E-state index contributed by atoms with van der Waals surface area (Å²) in [7, 11) is 0. The number of rotatable bonds is 6. The molecule has 0 radical (unpaired) electrons. The van der Waals surface area contributed by atoms with E-state index in [4.69, 9.17) is 9.47 Å². The zero-order valence-corrected chi connectivity index (χ0v) is 16.9. The standard InChI is InChI=1S/C21H31N3O4/c1-15(2)8-9-22-21(26)23-20(25)14-24-10-3-5-17(24)16-6-7-18-19(13-16)28-12-4-11-27-18/h6-7,13,15,17H,3-5,8-12,14H2,1-2H3,(H2,22,23,25,26)/p+1/t17-/m0/s1. The normalized spacial score (nSPS) is 21.2. The van der Waals surface area contributed by atoms with Gasteiger partial charge in [-0.2, -0.15) is 0 Å². The first kappa shape index (κ1) is 20.5. The van der Waals surface area contributed by atoms with Crippen LogP contribution in [0.4, 0.5) is 4.79 Å². The molecular formula is C21H32N3O4+. The van der Waals surface area contributed by atoms with Gasteiger partial charge in [-0.1, -0.05) is 13.8 Å². The van der Waals surface area contributed by atoms with Crippen LogP contribution in [0.3, 0.4) is 0 Å². The number of amides is 3. The Labute approximate surface area is 166 Å². The Hall–Kier alpha value is -2.28. The number of carbonyl (C=O) groups is 2. The molecule has 2 aliphatic rings. The molecule has 1 saturated heterocycles. The Morgan fingerprint density at radius 2 is 1.96 bits per heavy atom. The van der Waals surface area contributed by atoms with E-state index in [9.17, 15) is 9.59 Å². The van der Waals surface area contributed by atoms with E-state index in [-0.39, 0.29) is 18.5 Å². The van der Waals surface area contributed by atoms with Crippen molar-refractivity contribution in [1.29, 1.82) is 0 Å². The van der Waals surface area contributed by atoms with Crippen molar-refractivity contribution in [3.05, 3.63) is 23.8 Å². The molecule has 3 rings (SSSR count). The number of benzene rings is 1. The lowest BCUT2D eigenvalue weighted by atomic mass is 10.0. The number of ether oxygens (including phenoxy) is 2. The van der Waals surface area contributed by atoms with Crippen LogP contribution in [0.1, 0.15) is 51.1 Å². The van der Waals surface area contributed by atoms with Crippen LogP contribution >= 0.6 is 0 Å². The van der Waals surface area contributed by atoms with Gasteiger partial charge in [-0.05, 0) is 30.5 Å². The van der Waals surface area contributed by atoms with Crippen molar-refractivity contribution < 1.29 is 24.0 Å². The monoisotopic (exact) mass is 390 g/mol. The number of likely N-dealkylation sites (tertiary alicyclic amines) is 1. The molecule has 0 spiro atoms. The summed E-state index contributed by atoms with van der Waals surface area (Å²) in [4.78, 5) is 25.4. The van der Waals surface area contributed by atoms with Gasteiger partial charge in [-0.25, -0.2) is 4.79 Å². The van der Waals surface area contributed by atoms with Crippen LogP contribution in [-0.4, -0.2) is 44.8 Å². The fourth-order valence-electron chi connectivity index (χ4n) is 3.82. The number of hydrogen-bond acceptors (Lipinski definition) is 4. The minimum atomic E-state index is -0.406. The molecule has 3 amide bonds. The molecule has 0 saturated carbocycles. The Kier molecular flexibility index (Phi) is 7.14. The smallest absolute Gasteiger partial charge is 0.321 e. The van der Waals surface area contributed by atoms with E-state index in [0.717, 1.165) is 49.3 Å². The third kappa shape index (κ3) is 5.61. The third-order valence-corrected chi connectivity index (χ3v) is 5.31. The number of imide groups is 1. The number of hydrogen-bond donors (Lipinski definition) is 3. The number of nitrogens with one attached hydrogen (secondary N) is 3. The fraction of sp³-hybridized carbons (Fsp3) is 0.619. The lowest BCUT2D eigenvalue weighted by Gasteiger charge is -2.22. The highest BCUT2D eigenvalue weighted by molar-refractivity contribution is 5.94. The van der Waals surface area contributed by atoms with Crippen LogP contribution in [-0.2, 0) is 4.79 Å². The summed E-state index contributed by atoms with van der Waals surface area (Å²) in [5.41, 5.74) is 1.16. The van der Waals surface area contributed by atoms with Crippen LogP contribution in [0.25, 0.3) is 0 Å². The summed E-state index contributed by atoms with van der Waals surface area (Å²) in [5.74, 6) is 1.85. The molecule has 154 valence electrons. The molecule has 7 nitrogen and oxygen atoms in total. The average molecular weight is 391 g/mol. The number of urea groups is 1. The van der Waals surface area contributed by atoms with E-state index in [1.165, 1.54) is 4.90 Å². The molecule has 1 unspecified atom stereocenters. The molecule has 1 fully saturated rings. The minimum Gasteiger partial charge on any atom is -0.490 e. The SMILES string of the molecule is CC(C)CCNC(=O)NC(=O)C[NH+]1CCC[C@H]1c1ccc2c(c1)OCCCO2. The maximum Gasteiger partial charge on any atom is 0.321 e. The molecular weight excluding hydrogens is 358 g/mol. The van der Waals surface area contributed by atoms with Gasteiger partial charge in [0.05, 0.1) is 19.8 Å². The van der Waals surface area contributed by atoms with Gasteiger partial charge in [0, 0.05) is 31.4 Å². The van der Waals surface area contributed by atoms with Crippen LogP contribution < -0.4 is 25.0 Å². The zero-order chi connectivity index (χ0) is 19.9. The first-order chi connectivity index (χ1) is 13.5. The van der Waals surface area contributed by atoms with Gasteiger partial charge in [0.2, 0.25) is 0 Å². The maximum absolute atomic E-state index is 12.3. The van der Waals surface area contributed by atoms with Crippen LogP contribution in [0, 0.1) is 5.92 Å². The topological polar surface area (TPSA) is 81.1 Å². The summed E-state index contributed by atoms with van der Waals surface area (Å²) in [6.45, 7) is 7.31. The highest BCUT2D eigenvalue weighted by Crippen LogP contribution is 2.33. The molecule has 1 aromatic rings. The number of carbonyl (C=O) groups excluding carboxylic acids is 2. The zero-order valence-electron chi connectivity index (χ0n) is 16.9. The fourth-order valence-corrected chi connectivity index (χ4v) is 3.82. The molecule has 2 aliphatic heterocycles. The van der Waals surface area contributed by atoms with E-state index in [1.54, 1.807) is 0 Å². The van der Waals surface area contributed by atoms with Gasteiger partial charge in [-0.3, -0.25) is 10.1 Å². The lowest BCUT2D eigenvalue weighted by Crippen LogP contribution is -3.11. The van der Waals surface area contributed by atoms with E-state index >= 15 is 0 Å². The minimum absolute atomic E-state index is 0.229. The maximum atomic E-state index is 12.3. The Bertz CT molecular complexity index is 692. The largest absolute Gasteiger partial charge is 0.490 e. The first-order valence-corrected chi connectivity index (χ1v) is 10.3. The first-order valence-electron chi connectivity index (χ1n) is 10.3. The van der Waals surface area contributed by atoms with Crippen molar-refractivity contribution in [3.63, 3.8) is 0 Å². The van der Waals surface area contributed by atoms with Crippen molar-refractivity contribution in [2.45, 2.75) is 45.6 Å². The summed E-state index contributed by atoms with van der Waals surface area (Å²) in [6, 6.07) is 5.91. The van der Waals surface area contributed by atoms with Gasteiger partial charge >= 0.3 is 6.03 Å². The number of quaternary nitrogens is 1. The van der Waals surface area contributed by atoms with E-state index in [2.05, 4.69) is 30.5 Å². The summed E-state index contributed by atoms with van der Waals surface area (Å²) < 4.78 is 11.5. The van der Waals surface area contributed by atoms with Crippen molar-refractivity contribution >= 4 is 11.9 Å². The van der Waals surface area contributed by atoms with Gasteiger partial charge < -0.3 is 19.7 Å². The highest BCUT2D eigenvalue weighted by atomic mass is 16.5. The van der Waals surface area contributed by atoms with Gasteiger partial charge in [-0.15, -0.1) is 0 Å². The van der Waals surface area contributed by atoms with E-state index in [1.807, 2.05) is 12.1 Å². The van der Waals surface area contributed by atoms with Crippen LogP contribution in [0.15, 0.2) is 18.2 Å². The second-order valence-corrected chi connectivity index (χ2v) is 8.02. The average Bonchev–Trinajstić information content (AvgIpc) is 2.96. The third-order valence-electron chi connectivity index (χ3n) is 5.31. The predicted octanol–water partition coefficient (Wildman–Crippen LogP) is 1.44. The van der Waals surface area contributed by atoms with E-state index < -0.39 is 6.03 Å². The predicted molar refractivity (Wildman–Crippen MR) is 106 cm³/mol. The molecule has 1 aromatic carbocycles. The van der Waals surface area contributed by atoms with Crippen molar-refractivity contribution in [2.75, 3.05) is 32.8 Å². The molecule has 7 heteroatoms. The lowest BCUT2D eigenvalue weighted by molar-refractivity contribution is -0.910. The molecule has 2 atom stereocenters. The summed E-state index contributed by atoms with van der Waals surface area (Å²) in [6.07, 6.45) is 3.85. The molecule has 0 aliphatic carbocycles. The molecule has 28 heavy (non-hydrogen) atoms. The van der Waals surface area contributed by atoms with Gasteiger partial charge in [0.15, 0.2) is 18.0 Å². The van der Waals surface area contributed by atoms with Gasteiger partial charge in [0.25, 0.3) is 5.91 Å². The molecule has 0 bridgehead atoms. The second kappa shape index (κ2) is 9.78. The highest BCUT2D eigenvalue weighted by Gasteiger charge is 2.32. The number of fused-ring (bicyclic) bond motifs is 1. The molecule has 0 aromatic heterocycles. The van der Waals surface area contributed by atoms with E-state index in [0.29, 0.717) is 25.7 Å². The molecule has 2 heterocycles. The van der Waals surface area contributed by atoms with Crippen molar-refractivity contribution in [1.82, 2.24) is 10.6 Å².